The predicted molar refractivity (Wildman–Crippen MR) is 236 cm³/mol. The van der Waals surface area contributed by atoms with Crippen LogP contribution in [0.25, 0.3) is 11.6 Å². The van der Waals surface area contributed by atoms with Crippen molar-refractivity contribution >= 4 is 60.4 Å². The Bertz CT molecular complexity index is 2300. The van der Waals surface area contributed by atoms with E-state index >= 15 is 0 Å². The van der Waals surface area contributed by atoms with Gasteiger partial charge in [-0.15, -0.1) is 0 Å². The number of allylic oxidation sites excluding steroid dienone is 1. The van der Waals surface area contributed by atoms with Crippen molar-refractivity contribution in [3.8, 4) is 0 Å². The third kappa shape index (κ3) is 8.42. The van der Waals surface area contributed by atoms with Crippen LogP contribution in [0.5, 0.6) is 0 Å². The lowest BCUT2D eigenvalue weighted by molar-refractivity contribution is -0.123. The molecule has 10 nitrogen and oxygen atoms in total. The molecular formula is C48H52BNO9Si. The molecule has 60 heavy (non-hydrogen) atoms. The zero-order valence-electron chi connectivity index (χ0n) is 34.1. The summed E-state index contributed by atoms with van der Waals surface area (Å²) in [6, 6.07) is 39.6. The number of nitrogens with zero attached hydrogens (tertiary/aromatic N) is 1. The van der Waals surface area contributed by atoms with Gasteiger partial charge < -0.3 is 34.2 Å². The molecule has 0 unspecified atom stereocenters. The number of carbonyl (C=O) groups is 2. The maximum absolute atomic E-state index is 14.5. The van der Waals surface area contributed by atoms with Gasteiger partial charge in [-0.3, -0.25) is 14.5 Å². The number of aliphatic hydroxyl groups excluding tert-OH is 3. The first-order chi connectivity index (χ1) is 28.9. The van der Waals surface area contributed by atoms with Crippen molar-refractivity contribution in [3.63, 3.8) is 0 Å². The fourth-order valence-corrected chi connectivity index (χ4v) is 13.8. The van der Waals surface area contributed by atoms with Crippen molar-refractivity contribution in [2.75, 3.05) is 18.1 Å². The lowest BCUT2D eigenvalue weighted by atomic mass is 9.68. The largest absolute Gasteiger partial charge is 0.488 e. The fourth-order valence-electron chi connectivity index (χ4n) is 9.26. The molecule has 12 heteroatoms. The quantitative estimate of drug-likeness (QED) is 0.0567. The molecule has 7 rings (SSSR count). The van der Waals surface area contributed by atoms with Crippen molar-refractivity contribution in [3.05, 3.63) is 156 Å². The molecule has 1 fully saturated rings. The van der Waals surface area contributed by atoms with Crippen LogP contribution in [0.1, 0.15) is 57.1 Å². The van der Waals surface area contributed by atoms with Gasteiger partial charge in [-0.2, -0.15) is 0 Å². The number of hydrogen-bond donors (Lipinski definition) is 5. The second-order valence-corrected chi connectivity index (χ2v) is 21.0. The molecule has 5 N–H and O–H groups in total. The lowest BCUT2D eigenvalue weighted by Crippen LogP contribution is -2.66. The van der Waals surface area contributed by atoms with Gasteiger partial charge in [0.15, 0.2) is 0 Å². The number of hydrogen-bond acceptors (Lipinski definition) is 9. The van der Waals surface area contributed by atoms with E-state index in [4.69, 9.17) is 8.84 Å². The second-order valence-electron chi connectivity index (χ2n) is 16.7. The first kappa shape index (κ1) is 42.9. The number of anilines is 1. The minimum absolute atomic E-state index is 0.0464. The van der Waals surface area contributed by atoms with Gasteiger partial charge in [0.25, 0.3) is 8.32 Å². The highest BCUT2D eigenvalue weighted by Gasteiger charge is 2.56. The minimum Gasteiger partial charge on any atom is -0.459 e. The van der Waals surface area contributed by atoms with Gasteiger partial charge in [0, 0.05) is 5.92 Å². The molecule has 2 amide bonds. The average molecular weight is 826 g/mol. The molecule has 0 radical (unpaired) electrons. The minimum atomic E-state index is -3.13. The first-order valence-electron chi connectivity index (χ1n) is 20.4. The van der Waals surface area contributed by atoms with Crippen LogP contribution in [0.15, 0.2) is 143 Å². The number of imide groups is 1. The van der Waals surface area contributed by atoms with Gasteiger partial charge in [-0.1, -0.05) is 124 Å². The summed E-state index contributed by atoms with van der Waals surface area (Å²) >= 11 is 0. The summed E-state index contributed by atoms with van der Waals surface area (Å²) in [5.41, 5.74) is 3.28. The smallest absolute Gasteiger partial charge is 0.459 e. The third-order valence-electron chi connectivity index (χ3n) is 12.0. The molecule has 1 saturated heterocycles. The molecule has 2 heterocycles. The summed E-state index contributed by atoms with van der Waals surface area (Å²) in [7, 11) is -4.93. The van der Waals surface area contributed by atoms with E-state index < -0.39 is 57.7 Å². The summed E-state index contributed by atoms with van der Waals surface area (Å²) < 4.78 is 13.2. The summed E-state index contributed by atoms with van der Waals surface area (Å²) in [5.74, 6) is -2.75. The lowest BCUT2D eigenvalue weighted by Gasteiger charge is -2.44. The van der Waals surface area contributed by atoms with E-state index in [1.807, 2.05) is 72.8 Å². The second kappa shape index (κ2) is 18.2. The van der Waals surface area contributed by atoms with Crippen LogP contribution in [0.3, 0.4) is 0 Å². The van der Waals surface area contributed by atoms with Gasteiger partial charge in [-0.05, 0) is 92.8 Å². The molecule has 0 bridgehead atoms. The van der Waals surface area contributed by atoms with Crippen LogP contribution in [0.2, 0.25) is 5.04 Å². The molecule has 1 aromatic heterocycles. The molecule has 310 valence electrons. The number of rotatable bonds is 15. The van der Waals surface area contributed by atoms with Crippen molar-refractivity contribution in [2.45, 2.75) is 57.8 Å². The molecule has 1 aliphatic heterocycles. The van der Waals surface area contributed by atoms with Crippen LogP contribution in [-0.4, -0.2) is 71.9 Å². The number of amides is 2. The monoisotopic (exact) mass is 825 g/mol. The summed E-state index contributed by atoms with van der Waals surface area (Å²) in [5, 5.41) is 54.9. The standard InChI is InChI=1S/C48H52BNO9Si/c1-48(2,3)60(39-18-9-5-10-19-39,40-20-11-6-12-21-40)58-31-34-27-41-45(47(55)50(46(41)54)36-17-13-16-35(28-36)49(56)57)42(30-52)44(34)43(53)25-22-33(32-14-7-4-8-15-32)26-37-23-24-38(29-51)59-37/h4-21,23-24,26,28,41-43,45,51-53,56-57H,22,25,27,29-31H2,1-3H3/b33-26-/t41-,42+,43-,45-/m1/s1. The number of benzene rings is 4. The van der Waals surface area contributed by atoms with E-state index in [1.54, 1.807) is 24.3 Å². The molecule has 4 aromatic carbocycles. The molecule has 5 aromatic rings. The molecule has 0 spiro atoms. The molecule has 2 aliphatic rings. The number of carbonyl (C=O) groups excluding carboxylic acids is 2. The Labute approximate surface area is 352 Å². The van der Waals surface area contributed by atoms with Crippen molar-refractivity contribution in [1.29, 1.82) is 0 Å². The molecule has 4 atom stereocenters. The van der Waals surface area contributed by atoms with Crippen molar-refractivity contribution in [2.24, 2.45) is 17.8 Å². The maximum atomic E-state index is 14.5. The van der Waals surface area contributed by atoms with Crippen LogP contribution < -0.4 is 20.7 Å². The van der Waals surface area contributed by atoms with E-state index in [0.717, 1.165) is 26.4 Å². The SMILES string of the molecule is CC(C)(C)[Si](OCC1=C([C@H](O)CC/C(=C/c2ccc(CO)o2)c2ccccc2)[C@H](CO)[C@@H]2C(=O)N(c3cccc(B(O)O)c3)C(=O)[C@@H]2C1)(c1ccccc1)c1ccccc1. The first-order valence-corrected chi connectivity index (χ1v) is 22.3. The maximum Gasteiger partial charge on any atom is 0.488 e. The van der Waals surface area contributed by atoms with E-state index in [9.17, 15) is 35.0 Å². The Hall–Kier alpha value is -5.18. The topological polar surface area (TPSA) is 161 Å². The zero-order chi connectivity index (χ0) is 42.6. The Balaban J connectivity index is 1.31. The zero-order valence-corrected chi connectivity index (χ0v) is 35.1. The Kier molecular flexibility index (Phi) is 13.0. The fraction of sp³-hybridized carbons (Fsp3) is 0.292. The average Bonchev–Trinajstić information content (AvgIpc) is 3.82. The predicted octanol–water partition coefficient (Wildman–Crippen LogP) is 4.82. The van der Waals surface area contributed by atoms with Gasteiger partial charge in [0.1, 0.15) is 18.1 Å². The number of fused-ring (bicyclic) bond motifs is 1. The van der Waals surface area contributed by atoms with E-state index in [0.29, 0.717) is 29.1 Å². The van der Waals surface area contributed by atoms with Crippen LogP contribution in [0.4, 0.5) is 5.69 Å². The van der Waals surface area contributed by atoms with E-state index in [1.165, 1.54) is 12.1 Å². The van der Waals surface area contributed by atoms with Crippen molar-refractivity contribution in [1.82, 2.24) is 0 Å². The van der Waals surface area contributed by atoms with E-state index in [2.05, 4.69) is 45.0 Å². The van der Waals surface area contributed by atoms with Crippen LogP contribution in [0, 0.1) is 17.8 Å². The van der Waals surface area contributed by atoms with E-state index in [-0.39, 0.29) is 42.2 Å². The molecule has 0 saturated carbocycles. The van der Waals surface area contributed by atoms with Crippen LogP contribution in [-0.2, 0) is 20.6 Å². The summed E-state index contributed by atoms with van der Waals surface area (Å²) in [6.07, 6.45) is 1.46. The molecular weight excluding hydrogens is 773 g/mol. The Morgan fingerprint density at radius 1 is 0.867 bits per heavy atom. The highest BCUT2D eigenvalue weighted by molar-refractivity contribution is 6.99. The van der Waals surface area contributed by atoms with Gasteiger partial charge in [-0.25, -0.2) is 0 Å². The van der Waals surface area contributed by atoms with Gasteiger partial charge in [0.2, 0.25) is 11.8 Å². The van der Waals surface area contributed by atoms with Gasteiger partial charge in [0.05, 0.1) is 36.8 Å². The highest BCUT2D eigenvalue weighted by Crippen LogP contribution is 2.48. The van der Waals surface area contributed by atoms with Crippen molar-refractivity contribution < 1.29 is 43.8 Å². The number of furan rings is 1. The normalized spacial score (nSPS) is 19.2. The van der Waals surface area contributed by atoms with Gasteiger partial charge >= 0.3 is 7.12 Å². The third-order valence-corrected chi connectivity index (χ3v) is 17.0. The Morgan fingerprint density at radius 2 is 1.50 bits per heavy atom. The summed E-state index contributed by atoms with van der Waals surface area (Å²) in [6.45, 7) is 5.82. The van der Waals surface area contributed by atoms with Crippen LogP contribution >= 0.6 is 0 Å². The Morgan fingerprint density at radius 3 is 2.07 bits per heavy atom. The highest BCUT2D eigenvalue weighted by atomic mass is 28.4. The number of aliphatic hydroxyl groups is 3. The summed E-state index contributed by atoms with van der Waals surface area (Å²) in [4.78, 5) is 30.0. The molecule has 1 aliphatic carbocycles.